The largest absolute Gasteiger partial charge is 0.478 e. The molecular weight excluding hydrogens is 436 g/mol. The number of amidine groups is 3. The molecule has 0 bridgehead atoms. The van der Waals surface area contributed by atoms with E-state index in [4.69, 9.17) is 14.9 Å². The summed E-state index contributed by atoms with van der Waals surface area (Å²) in [6, 6.07) is 9.71. The summed E-state index contributed by atoms with van der Waals surface area (Å²) in [7, 11) is 0. The molecule has 0 saturated heterocycles. The van der Waals surface area contributed by atoms with Crippen LogP contribution in [0.3, 0.4) is 0 Å². The average molecular weight is 455 g/mol. The van der Waals surface area contributed by atoms with E-state index >= 15 is 0 Å². The zero-order chi connectivity index (χ0) is 22.1. The van der Waals surface area contributed by atoms with Gasteiger partial charge in [0.25, 0.3) is 5.91 Å². The molecule has 0 unspecified atom stereocenters. The first-order chi connectivity index (χ1) is 14.8. The Morgan fingerprint density at radius 3 is 2.71 bits per heavy atom. The number of carbonyl (C=O) groups is 2. The van der Waals surface area contributed by atoms with Gasteiger partial charge < -0.3 is 9.52 Å². The Balaban J connectivity index is 1.58. The molecule has 1 aromatic heterocycles. The first-order valence-corrected chi connectivity index (χ1v) is 11.1. The molecule has 0 aliphatic carbocycles. The number of furan rings is 1. The number of hydrogen-bond donors (Lipinski definition) is 2. The maximum absolute atomic E-state index is 12.5. The number of aromatic carboxylic acids is 1. The van der Waals surface area contributed by atoms with Gasteiger partial charge in [-0.1, -0.05) is 37.7 Å². The molecule has 10 heteroatoms. The molecule has 4 rings (SSSR count). The number of nitrogens with zero attached hydrogens (tertiary/aromatic N) is 3. The van der Waals surface area contributed by atoms with Crippen molar-refractivity contribution in [1.82, 2.24) is 4.90 Å². The van der Waals surface area contributed by atoms with Crippen molar-refractivity contribution in [3.8, 4) is 11.3 Å². The van der Waals surface area contributed by atoms with E-state index in [0.29, 0.717) is 33.3 Å². The highest BCUT2D eigenvalue weighted by Gasteiger charge is 2.37. The molecule has 0 fully saturated rings. The Bertz CT molecular complexity index is 1160. The van der Waals surface area contributed by atoms with Gasteiger partial charge in [0.1, 0.15) is 17.4 Å². The highest BCUT2D eigenvalue weighted by Crippen LogP contribution is 2.33. The minimum Gasteiger partial charge on any atom is -0.478 e. The van der Waals surface area contributed by atoms with E-state index in [9.17, 15) is 9.59 Å². The molecular formula is C21H18N4O4S2. The Labute approximate surface area is 186 Å². The van der Waals surface area contributed by atoms with Crippen molar-refractivity contribution in [2.45, 2.75) is 13.8 Å². The fourth-order valence-corrected chi connectivity index (χ4v) is 4.64. The standard InChI is InChI=1S/C21H18N4O4S2/c1-11(2)10-30-21-24-31-20-23-18(26)15(17(22)25(20)21)9-14-7-8-16(29-14)12-3-5-13(6-4-12)19(27)28/h3-9,11,22H,10H2,1-2H3,(H,27,28)/b15-9-,22-17?. The first kappa shape index (κ1) is 21.1. The van der Waals surface area contributed by atoms with Crippen LogP contribution in [0.15, 0.2) is 55.8 Å². The Hall–Kier alpha value is -3.11. The summed E-state index contributed by atoms with van der Waals surface area (Å²) in [5.41, 5.74) is 1.01. The minimum atomic E-state index is -1.000. The topological polar surface area (TPSA) is 119 Å². The quantitative estimate of drug-likeness (QED) is 0.500. The number of thioether (sulfide) groups is 1. The van der Waals surface area contributed by atoms with E-state index in [1.165, 1.54) is 30.0 Å². The van der Waals surface area contributed by atoms with E-state index in [2.05, 4.69) is 23.2 Å². The maximum atomic E-state index is 12.5. The lowest BCUT2D eigenvalue weighted by Crippen LogP contribution is -2.41. The number of rotatable bonds is 5. The SMILES string of the molecule is CC(C)CSC1=NSC2=NC(=O)/C(=C\c3ccc(-c4ccc(C(=O)O)cc4)o3)C(=N)N12. The second-order valence-electron chi connectivity index (χ2n) is 7.20. The minimum absolute atomic E-state index is 0.0127. The third-order valence-corrected chi connectivity index (χ3v) is 6.55. The summed E-state index contributed by atoms with van der Waals surface area (Å²) in [6.07, 6.45) is 1.49. The molecule has 0 radical (unpaired) electrons. The molecule has 1 amide bonds. The fraction of sp³-hybridized carbons (Fsp3) is 0.190. The van der Waals surface area contributed by atoms with Gasteiger partial charge in [0, 0.05) is 11.3 Å². The van der Waals surface area contributed by atoms with E-state index in [1.54, 1.807) is 29.2 Å². The van der Waals surface area contributed by atoms with Crippen molar-refractivity contribution in [3.05, 3.63) is 53.3 Å². The molecule has 0 spiro atoms. The zero-order valence-electron chi connectivity index (χ0n) is 16.7. The number of amides is 1. The van der Waals surface area contributed by atoms with Gasteiger partial charge in [-0.2, -0.15) is 9.39 Å². The Morgan fingerprint density at radius 1 is 1.29 bits per heavy atom. The molecule has 2 aliphatic rings. The predicted molar refractivity (Wildman–Crippen MR) is 123 cm³/mol. The van der Waals surface area contributed by atoms with Gasteiger partial charge in [0.15, 0.2) is 5.17 Å². The van der Waals surface area contributed by atoms with E-state index in [1.807, 2.05) is 0 Å². The number of benzene rings is 1. The smallest absolute Gasteiger partial charge is 0.335 e. The number of nitrogens with one attached hydrogen (secondary N) is 1. The van der Waals surface area contributed by atoms with Gasteiger partial charge in [0.2, 0.25) is 5.17 Å². The summed E-state index contributed by atoms with van der Waals surface area (Å²) < 4.78 is 10.2. The third-order valence-electron chi connectivity index (χ3n) is 4.37. The van der Waals surface area contributed by atoms with Crippen LogP contribution in [0.25, 0.3) is 17.4 Å². The molecule has 2 N–H and O–H groups in total. The van der Waals surface area contributed by atoms with Crippen LogP contribution in [0.2, 0.25) is 0 Å². The molecule has 2 aliphatic heterocycles. The molecule has 8 nitrogen and oxygen atoms in total. The molecule has 0 atom stereocenters. The van der Waals surface area contributed by atoms with Crippen molar-refractivity contribution < 1.29 is 19.1 Å². The Morgan fingerprint density at radius 2 is 2.03 bits per heavy atom. The monoisotopic (exact) mass is 454 g/mol. The van der Waals surface area contributed by atoms with E-state index in [0.717, 1.165) is 17.7 Å². The predicted octanol–water partition coefficient (Wildman–Crippen LogP) is 4.61. The van der Waals surface area contributed by atoms with Gasteiger partial charge in [-0.05, 0) is 36.3 Å². The fourth-order valence-electron chi connectivity index (χ4n) is 2.84. The highest BCUT2D eigenvalue weighted by atomic mass is 32.2. The first-order valence-electron chi connectivity index (χ1n) is 9.38. The molecule has 0 saturated carbocycles. The number of aliphatic imine (C=N–C) groups is 1. The number of carboxylic acids is 1. The Kier molecular flexibility index (Phi) is 5.84. The van der Waals surface area contributed by atoms with Gasteiger partial charge in [-0.15, -0.1) is 0 Å². The van der Waals surface area contributed by atoms with Gasteiger partial charge >= 0.3 is 5.97 Å². The lowest BCUT2D eigenvalue weighted by Gasteiger charge is -2.24. The molecule has 158 valence electrons. The zero-order valence-corrected chi connectivity index (χ0v) is 18.3. The number of carboxylic acid groups (broad SMARTS) is 1. The second-order valence-corrected chi connectivity index (χ2v) is 8.91. The van der Waals surface area contributed by atoms with Crippen LogP contribution in [-0.4, -0.2) is 43.8 Å². The van der Waals surface area contributed by atoms with E-state index < -0.39 is 11.9 Å². The van der Waals surface area contributed by atoms with Crippen LogP contribution in [-0.2, 0) is 4.79 Å². The van der Waals surface area contributed by atoms with Crippen LogP contribution < -0.4 is 0 Å². The average Bonchev–Trinajstić information content (AvgIpc) is 3.36. The normalized spacial score (nSPS) is 17.3. The van der Waals surface area contributed by atoms with Gasteiger partial charge in [-0.25, -0.2) is 9.69 Å². The van der Waals surface area contributed by atoms with Crippen LogP contribution in [0.4, 0.5) is 0 Å². The van der Waals surface area contributed by atoms with Crippen molar-refractivity contribution in [1.29, 1.82) is 5.41 Å². The summed E-state index contributed by atoms with van der Waals surface area (Å²) in [5.74, 6) is 0.710. The van der Waals surface area contributed by atoms with Crippen molar-refractivity contribution in [2.24, 2.45) is 15.3 Å². The van der Waals surface area contributed by atoms with Crippen LogP contribution in [0.5, 0.6) is 0 Å². The van der Waals surface area contributed by atoms with Crippen LogP contribution >= 0.6 is 23.7 Å². The second kappa shape index (κ2) is 8.56. The molecule has 1 aromatic carbocycles. The van der Waals surface area contributed by atoms with Crippen molar-refractivity contribution in [2.75, 3.05) is 5.75 Å². The molecule has 2 aromatic rings. The van der Waals surface area contributed by atoms with Crippen LogP contribution in [0.1, 0.15) is 30.0 Å². The van der Waals surface area contributed by atoms with Crippen molar-refractivity contribution >= 4 is 57.8 Å². The lowest BCUT2D eigenvalue weighted by molar-refractivity contribution is -0.114. The molecule has 3 heterocycles. The highest BCUT2D eigenvalue weighted by molar-refractivity contribution is 8.19. The number of fused-ring (bicyclic) bond motifs is 1. The molecule has 31 heavy (non-hydrogen) atoms. The van der Waals surface area contributed by atoms with Crippen molar-refractivity contribution in [3.63, 3.8) is 0 Å². The third kappa shape index (κ3) is 4.35. The number of carbonyl (C=O) groups excluding carboxylic acids is 1. The number of hydrogen-bond acceptors (Lipinski definition) is 7. The maximum Gasteiger partial charge on any atom is 0.335 e. The van der Waals surface area contributed by atoms with E-state index in [-0.39, 0.29) is 17.0 Å². The summed E-state index contributed by atoms with van der Waals surface area (Å²) in [5, 5.41) is 18.6. The summed E-state index contributed by atoms with van der Waals surface area (Å²) >= 11 is 2.62. The summed E-state index contributed by atoms with van der Waals surface area (Å²) in [4.78, 5) is 29.2. The van der Waals surface area contributed by atoms with Gasteiger partial charge in [-0.3, -0.25) is 10.2 Å². The van der Waals surface area contributed by atoms with Crippen LogP contribution in [0, 0.1) is 11.3 Å². The lowest BCUT2D eigenvalue weighted by atomic mass is 10.1. The summed E-state index contributed by atoms with van der Waals surface area (Å²) in [6.45, 7) is 4.20. The van der Waals surface area contributed by atoms with Gasteiger partial charge in [0.05, 0.1) is 23.1 Å².